The highest BCUT2D eigenvalue weighted by Gasteiger charge is 2.03. The van der Waals surface area contributed by atoms with Crippen molar-refractivity contribution in [3.63, 3.8) is 0 Å². The van der Waals surface area contributed by atoms with E-state index in [2.05, 4.69) is 15.9 Å². The number of hydrogen-bond acceptors (Lipinski definition) is 2. The molecule has 1 nitrogen and oxygen atoms in total. The third-order valence-electron chi connectivity index (χ3n) is 1.17. The van der Waals surface area contributed by atoms with E-state index in [1.807, 2.05) is 11.4 Å². The third-order valence-corrected chi connectivity index (χ3v) is 3.12. The highest BCUT2D eigenvalue weighted by molar-refractivity contribution is 9.10. The highest BCUT2D eigenvalue weighted by atomic mass is 79.9. The Kier molecular flexibility index (Phi) is 2.89. The first-order valence-electron chi connectivity index (χ1n) is 3.10. The molecule has 0 radical (unpaired) electrons. The van der Waals surface area contributed by atoms with Crippen molar-refractivity contribution in [2.45, 2.75) is 19.4 Å². The summed E-state index contributed by atoms with van der Waals surface area (Å²) in [5, 5.41) is 11.1. The second-order valence-corrected chi connectivity index (χ2v) is 4.10. The van der Waals surface area contributed by atoms with Crippen molar-refractivity contribution < 1.29 is 5.11 Å². The van der Waals surface area contributed by atoms with Gasteiger partial charge in [0, 0.05) is 15.8 Å². The van der Waals surface area contributed by atoms with Crippen LogP contribution in [0.15, 0.2) is 15.9 Å². The van der Waals surface area contributed by atoms with E-state index in [-0.39, 0.29) is 6.10 Å². The molecule has 1 aromatic heterocycles. The molecule has 0 aromatic carbocycles. The largest absolute Gasteiger partial charge is 0.393 e. The molecule has 1 aromatic rings. The molecular formula is C7H9BrOS. The van der Waals surface area contributed by atoms with Crippen LogP contribution in [-0.2, 0) is 6.42 Å². The predicted molar refractivity (Wildman–Crippen MR) is 47.4 cm³/mol. The van der Waals surface area contributed by atoms with Crippen molar-refractivity contribution in [3.05, 3.63) is 20.8 Å². The summed E-state index contributed by atoms with van der Waals surface area (Å²) in [6.45, 7) is 1.80. The quantitative estimate of drug-likeness (QED) is 0.813. The average molecular weight is 221 g/mol. The Balaban J connectivity index is 2.65. The maximum Gasteiger partial charge on any atom is 0.0560 e. The first-order valence-corrected chi connectivity index (χ1v) is 4.77. The predicted octanol–water partition coefficient (Wildman–Crippen LogP) is 2.43. The smallest absolute Gasteiger partial charge is 0.0560 e. The van der Waals surface area contributed by atoms with E-state index in [0.717, 1.165) is 10.9 Å². The Hall–Kier alpha value is 0.140. The molecule has 1 N–H and O–H groups in total. The molecule has 1 atom stereocenters. The minimum atomic E-state index is -0.241. The van der Waals surface area contributed by atoms with E-state index in [4.69, 9.17) is 5.11 Å². The van der Waals surface area contributed by atoms with Gasteiger partial charge in [0.1, 0.15) is 0 Å². The zero-order valence-corrected chi connectivity index (χ0v) is 8.08. The lowest BCUT2D eigenvalue weighted by molar-refractivity contribution is 0.196. The minimum absolute atomic E-state index is 0.241. The Morgan fingerprint density at radius 2 is 2.50 bits per heavy atom. The molecule has 0 aliphatic rings. The highest BCUT2D eigenvalue weighted by Crippen LogP contribution is 2.23. The van der Waals surface area contributed by atoms with Crippen LogP contribution in [0.4, 0.5) is 0 Å². The van der Waals surface area contributed by atoms with Crippen molar-refractivity contribution in [2.24, 2.45) is 0 Å². The van der Waals surface area contributed by atoms with Crippen LogP contribution >= 0.6 is 27.3 Å². The van der Waals surface area contributed by atoms with Gasteiger partial charge in [-0.2, -0.15) is 0 Å². The van der Waals surface area contributed by atoms with Crippen molar-refractivity contribution in [2.75, 3.05) is 0 Å². The van der Waals surface area contributed by atoms with E-state index in [1.165, 1.54) is 4.88 Å². The van der Waals surface area contributed by atoms with Gasteiger partial charge in [-0.15, -0.1) is 11.3 Å². The number of aliphatic hydroxyl groups excluding tert-OH is 1. The van der Waals surface area contributed by atoms with Gasteiger partial charge < -0.3 is 5.11 Å². The molecule has 0 saturated heterocycles. The van der Waals surface area contributed by atoms with Crippen molar-refractivity contribution in [3.8, 4) is 0 Å². The summed E-state index contributed by atoms with van der Waals surface area (Å²) in [6, 6.07) is 2.00. The maximum atomic E-state index is 9.03. The fourth-order valence-electron chi connectivity index (χ4n) is 0.739. The van der Waals surface area contributed by atoms with Gasteiger partial charge in [0.15, 0.2) is 0 Å². The molecular weight excluding hydrogens is 212 g/mol. The molecule has 0 amide bonds. The standard InChI is InChI=1S/C7H9BrOS/c1-5(9)4-7-6(8)2-3-10-7/h2-3,5,9H,4H2,1H3. The fourth-order valence-corrected chi connectivity index (χ4v) is 2.37. The number of halogens is 1. The zero-order chi connectivity index (χ0) is 7.56. The van der Waals surface area contributed by atoms with Crippen LogP contribution in [0.3, 0.4) is 0 Å². The van der Waals surface area contributed by atoms with Gasteiger partial charge in [-0.25, -0.2) is 0 Å². The molecule has 1 unspecified atom stereocenters. The van der Waals surface area contributed by atoms with Crippen LogP contribution in [0.2, 0.25) is 0 Å². The van der Waals surface area contributed by atoms with Crippen LogP contribution in [-0.4, -0.2) is 11.2 Å². The molecule has 0 bridgehead atoms. The number of aliphatic hydroxyl groups is 1. The van der Waals surface area contributed by atoms with Crippen molar-refractivity contribution in [1.82, 2.24) is 0 Å². The number of hydrogen-bond donors (Lipinski definition) is 1. The van der Waals surface area contributed by atoms with E-state index >= 15 is 0 Å². The van der Waals surface area contributed by atoms with Gasteiger partial charge in [0.2, 0.25) is 0 Å². The van der Waals surface area contributed by atoms with E-state index < -0.39 is 0 Å². The summed E-state index contributed by atoms with van der Waals surface area (Å²) in [5.41, 5.74) is 0. The van der Waals surface area contributed by atoms with Crippen LogP contribution in [0.1, 0.15) is 11.8 Å². The Labute approximate surface area is 72.8 Å². The van der Waals surface area contributed by atoms with E-state index in [9.17, 15) is 0 Å². The van der Waals surface area contributed by atoms with Gasteiger partial charge in [-0.05, 0) is 34.3 Å². The molecule has 0 saturated carbocycles. The number of thiophene rings is 1. The lowest BCUT2D eigenvalue weighted by Crippen LogP contribution is -2.02. The third kappa shape index (κ3) is 2.08. The molecule has 0 spiro atoms. The summed E-state index contributed by atoms with van der Waals surface area (Å²) in [5.74, 6) is 0. The first-order chi connectivity index (χ1) is 4.70. The Morgan fingerprint density at radius 1 is 1.80 bits per heavy atom. The summed E-state index contributed by atoms with van der Waals surface area (Å²) in [7, 11) is 0. The Morgan fingerprint density at radius 3 is 2.90 bits per heavy atom. The van der Waals surface area contributed by atoms with Gasteiger partial charge >= 0.3 is 0 Å². The average Bonchev–Trinajstić information content (AvgIpc) is 2.15. The molecule has 56 valence electrons. The van der Waals surface area contributed by atoms with Crippen LogP contribution in [0.25, 0.3) is 0 Å². The zero-order valence-electron chi connectivity index (χ0n) is 5.67. The van der Waals surface area contributed by atoms with Crippen LogP contribution < -0.4 is 0 Å². The van der Waals surface area contributed by atoms with Gasteiger partial charge in [0.25, 0.3) is 0 Å². The first kappa shape index (κ1) is 8.24. The second-order valence-electron chi connectivity index (χ2n) is 2.24. The lowest BCUT2D eigenvalue weighted by atomic mass is 10.2. The minimum Gasteiger partial charge on any atom is -0.393 e. The molecule has 10 heavy (non-hydrogen) atoms. The maximum absolute atomic E-state index is 9.03. The molecule has 1 rings (SSSR count). The molecule has 1 heterocycles. The van der Waals surface area contributed by atoms with Crippen LogP contribution in [0.5, 0.6) is 0 Å². The van der Waals surface area contributed by atoms with Gasteiger partial charge in [0.05, 0.1) is 6.10 Å². The van der Waals surface area contributed by atoms with E-state index in [0.29, 0.717) is 0 Å². The molecule has 0 aliphatic carbocycles. The fraction of sp³-hybridized carbons (Fsp3) is 0.429. The number of rotatable bonds is 2. The SMILES string of the molecule is CC(O)Cc1sccc1Br. The van der Waals surface area contributed by atoms with E-state index in [1.54, 1.807) is 18.3 Å². The van der Waals surface area contributed by atoms with Gasteiger partial charge in [-0.1, -0.05) is 0 Å². The monoisotopic (exact) mass is 220 g/mol. The summed E-state index contributed by atoms with van der Waals surface area (Å²) in [6.07, 6.45) is 0.507. The van der Waals surface area contributed by atoms with Crippen LogP contribution in [0, 0.1) is 0 Å². The normalized spacial score (nSPS) is 13.5. The topological polar surface area (TPSA) is 20.2 Å². The molecule has 3 heteroatoms. The van der Waals surface area contributed by atoms with Crippen molar-refractivity contribution >= 4 is 27.3 Å². The molecule has 0 fully saturated rings. The van der Waals surface area contributed by atoms with Crippen molar-refractivity contribution in [1.29, 1.82) is 0 Å². The summed E-state index contributed by atoms with van der Waals surface area (Å²) >= 11 is 5.07. The summed E-state index contributed by atoms with van der Waals surface area (Å²) < 4.78 is 1.11. The lowest BCUT2D eigenvalue weighted by Gasteiger charge is -2.00. The van der Waals surface area contributed by atoms with Gasteiger partial charge in [-0.3, -0.25) is 0 Å². The Bertz CT molecular complexity index is 207. The second kappa shape index (κ2) is 3.51. The summed E-state index contributed by atoms with van der Waals surface area (Å²) in [4.78, 5) is 1.22. The molecule has 0 aliphatic heterocycles.